The van der Waals surface area contributed by atoms with Crippen LogP contribution in [0.5, 0.6) is 0 Å². The lowest BCUT2D eigenvalue weighted by molar-refractivity contribution is -0.671. The summed E-state index contributed by atoms with van der Waals surface area (Å²) in [4.78, 5) is 2.64. The van der Waals surface area contributed by atoms with E-state index in [1.165, 1.54) is 34.5 Å². The second-order valence-electron chi connectivity index (χ2n) is 11.4. The maximum atomic E-state index is 6.89. The number of rotatable bonds is 7. The van der Waals surface area contributed by atoms with Crippen molar-refractivity contribution < 1.29 is 4.57 Å². The smallest absolute Gasteiger partial charge is 0.243 e. The molecule has 0 radical (unpaired) electrons. The minimum atomic E-state index is -1.56. The average Bonchev–Trinajstić information content (AvgIpc) is 3.27. The number of imidazole rings is 1. The summed E-state index contributed by atoms with van der Waals surface area (Å²) in [6, 6.07) is 4.32. The fraction of sp³-hybridized carbons (Fsp3) is 0.625. The molecule has 2 N–H and O–H groups in total. The first-order valence-corrected chi connectivity index (χ1v) is 18.8. The second-order valence-corrected chi connectivity index (χ2v) is 22.0. The molecule has 166 valence electrons. The number of aryl methyl sites for hydroxylation is 2. The van der Waals surface area contributed by atoms with Crippen LogP contribution in [0.4, 0.5) is 11.4 Å². The fourth-order valence-corrected chi connectivity index (χ4v) is 8.08. The van der Waals surface area contributed by atoms with Crippen LogP contribution in [0.1, 0.15) is 30.5 Å². The second kappa shape index (κ2) is 8.54. The zero-order valence-corrected chi connectivity index (χ0v) is 22.5. The number of nitrogens with two attached hydrogens (primary N) is 1. The molecular formula is C24H43N4Si2+. The standard InChI is InChI=1S/C24H43N4Si2/c1-9-21-22(27-12-10-20(17-27)28-14-13-26(2)18-28)16-19(11-15-29(3,4)5)23(25)24(21)30(6,7)8/h13-14,16,18,20H,9-12,15,17,25H2,1-8H3/q+1. The van der Waals surface area contributed by atoms with Crippen molar-refractivity contribution in [2.75, 3.05) is 23.7 Å². The number of hydrogen-bond donors (Lipinski definition) is 1. The first-order valence-electron chi connectivity index (χ1n) is 11.6. The lowest BCUT2D eigenvalue weighted by Gasteiger charge is -2.31. The molecule has 30 heavy (non-hydrogen) atoms. The Morgan fingerprint density at radius 3 is 2.40 bits per heavy atom. The van der Waals surface area contributed by atoms with E-state index in [0.29, 0.717) is 6.04 Å². The monoisotopic (exact) mass is 443 g/mol. The molecule has 1 aromatic heterocycles. The van der Waals surface area contributed by atoms with Crippen molar-refractivity contribution >= 4 is 32.7 Å². The maximum Gasteiger partial charge on any atom is 0.243 e. The molecule has 1 aromatic carbocycles. The zero-order chi connectivity index (χ0) is 22.3. The number of benzene rings is 1. The Labute approximate surface area is 186 Å². The molecule has 0 amide bonds. The average molecular weight is 444 g/mol. The first kappa shape index (κ1) is 23.1. The van der Waals surface area contributed by atoms with Gasteiger partial charge in [0.15, 0.2) is 0 Å². The van der Waals surface area contributed by atoms with Gasteiger partial charge in [0.25, 0.3) is 0 Å². The van der Waals surface area contributed by atoms with Crippen LogP contribution in [-0.2, 0) is 19.9 Å². The lowest BCUT2D eigenvalue weighted by atomic mass is 10.0. The van der Waals surface area contributed by atoms with Crippen LogP contribution < -0.4 is 20.4 Å². The van der Waals surface area contributed by atoms with E-state index in [9.17, 15) is 0 Å². The van der Waals surface area contributed by atoms with Gasteiger partial charge in [-0.1, -0.05) is 52.2 Å². The third-order valence-electron chi connectivity index (χ3n) is 6.50. The third-order valence-corrected chi connectivity index (χ3v) is 10.3. The summed E-state index contributed by atoms with van der Waals surface area (Å²) in [6.07, 6.45) is 9.96. The Hall–Kier alpha value is -1.54. The summed E-state index contributed by atoms with van der Waals surface area (Å²) in [5.41, 5.74) is 12.4. The van der Waals surface area contributed by atoms with Gasteiger partial charge in [0, 0.05) is 32.4 Å². The van der Waals surface area contributed by atoms with Crippen LogP contribution in [0.25, 0.3) is 0 Å². The molecule has 3 rings (SSSR count). The number of nitrogens with zero attached hydrogens (tertiary/aromatic N) is 3. The SMILES string of the molecule is CCc1c(N2CCC(n3cc[n+](C)c3)C2)cc(CC[Si](C)(C)C)c(N)c1[Si](C)(C)C. The molecule has 0 aliphatic carbocycles. The Kier molecular flexibility index (Phi) is 6.58. The summed E-state index contributed by atoms with van der Waals surface area (Å²) in [5.74, 6) is 0. The van der Waals surface area contributed by atoms with Crippen molar-refractivity contribution in [3.63, 3.8) is 0 Å². The van der Waals surface area contributed by atoms with Crippen molar-refractivity contribution in [3.05, 3.63) is 35.9 Å². The zero-order valence-electron chi connectivity index (χ0n) is 20.5. The fourth-order valence-electron chi connectivity index (χ4n) is 4.88. The van der Waals surface area contributed by atoms with Gasteiger partial charge >= 0.3 is 0 Å². The minimum Gasteiger partial charge on any atom is -0.399 e. The van der Waals surface area contributed by atoms with E-state index < -0.39 is 16.1 Å². The molecule has 6 heteroatoms. The Bertz CT molecular complexity index is 890. The topological polar surface area (TPSA) is 38.1 Å². The van der Waals surface area contributed by atoms with Crippen molar-refractivity contribution in [2.24, 2.45) is 7.05 Å². The van der Waals surface area contributed by atoms with E-state index in [1.807, 2.05) is 0 Å². The highest BCUT2D eigenvalue weighted by molar-refractivity contribution is 6.90. The van der Waals surface area contributed by atoms with Crippen LogP contribution in [0.15, 0.2) is 24.8 Å². The molecule has 0 bridgehead atoms. The van der Waals surface area contributed by atoms with Gasteiger partial charge in [0.2, 0.25) is 6.33 Å². The number of aromatic nitrogens is 2. The number of hydrogen-bond acceptors (Lipinski definition) is 2. The Morgan fingerprint density at radius 2 is 1.87 bits per heavy atom. The van der Waals surface area contributed by atoms with E-state index in [1.54, 1.807) is 0 Å². The first-order chi connectivity index (χ1) is 13.9. The van der Waals surface area contributed by atoms with E-state index >= 15 is 0 Å². The van der Waals surface area contributed by atoms with Crippen molar-refractivity contribution in [1.82, 2.24) is 4.57 Å². The van der Waals surface area contributed by atoms with Crippen molar-refractivity contribution in [2.45, 2.75) is 77.6 Å². The molecule has 2 aromatic rings. The Balaban J connectivity index is 2.02. The summed E-state index contributed by atoms with van der Waals surface area (Å²) < 4.78 is 4.52. The predicted octanol–water partition coefficient (Wildman–Crippen LogP) is 4.33. The van der Waals surface area contributed by atoms with E-state index in [0.717, 1.165) is 31.6 Å². The van der Waals surface area contributed by atoms with Gasteiger partial charge < -0.3 is 10.6 Å². The molecule has 4 nitrogen and oxygen atoms in total. The van der Waals surface area contributed by atoms with Gasteiger partial charge in [-0.15, -0.1) is 0 Å². The van der Waals surface area contributed by atoms with Crippen LogP contribution in [0.3, 0.4) is 0 Å². The van der Waals surface area contributed by atoms with E-state index in [-0.39, 0.29) is 0 Å². The van der Waals surface area contributed by atoms with Gasteiger partial charge in [-0.05, 0) is 35.2 Å². The molecular weight excluding hydrogens is 400 g/mol. The third kappa shape index (κ3) is 5.02. The highest BCUT2D eigenvalue weighted by Crippen LogP contribution is 2.34. The normalized spacial score (nSPS) is 17.7. The van der Waals surface area contributed by atoms with Gasteiger partial charge in [-0.2, -0.15) is 0 Å². The largest absolute Gasteiger partial charge is 0.399 e. The number of nitrogen functional groups attached to an aromatic ring is 1. The van der Waals surface area contributed by atoms with Crippen LogP contribution in [0.2, 0.25) is 45.3 Å². The maximum absolute atomic E-state index is 6.89. The molecule has 0 saturated carbocycles. The summed E-state index contributed by atoms with van der Waals surface area (Å²) in [6.45, 7) is 19.3. The summed E-state index contributed by atoms with van der Waals surface area (Å²) >= 11 is 0. The molecule has 1 saturated heterocycles. The summed E-state index contributed by atoms with van der Waals surface area (Å²) in [7, 11) is -0.571. The van der Waals surface area contributed by atoms with Gasteiger partial charge in [-0.25, -0.2) is 9.13 Å². The minimum absolute atomic E-state index is 0.550. The van der Waals surface area contributed by atoms with E-state index in [2.05, 4.69) is 92.1 Å². The van der Waals surface area contributed by atoms with Gasteiger partial charge in [0.05, 0.1) is 21.7 Å². The van der Waals surface area contributed by atoms with Crippen LogP contribution in [0, 0.1) is 0 Å². The molecule has 2 heterocycles. The highest BCUT2D eigenvalue weighted by Gasteiger charge is 2.32. The molecule has 1 atom stereocenters. The molecule has 1 unspecified atom stereocenters. The molecule has 1 aliphatic heterocycles. The van der Waals surface area contributed by atoms with Gasteiger partial charge in [-0.3, -0.25) is 0 Å². The van der Waals surface area contributed by atoms with Crippen LogP contribution >= 0.6 is 0 Å². The number of anilines is 2. The highest BCUT2D eigenvalue weighted by atomic mass is 28.3. The summed E-state index contributed by atoms with van der Waals surface area (Å²) in [5, 5.41) is 1.52. The molecule has 1 fully saturated rings. The molecule has 0 spiro atoms. The van der Waals surface area contributed by atoms with Gasteiger partial charge in [0.1, 0.15) is 18.4 Å². The van der Waals surface area contributed by atoms with Crippen molar-refractivity contribution in [3.8, 4) is 0 Å². The van der Waals surface area contributed by atoms with Crippen molar-refractivity contribution in [1.29, 1.82) is 0 Å². The Morgan fingerprint density at radius 1 is 1.17 bits per heavy atom. The van der Waals surface area contributed by atoms with Crippen LogP contribution in [-0.4, -0.2) is 33.8 Å². The lowest BCUT2D eigenvalue weighted by Crippen LogP contribution is -2.43. The quantitative estimate of drug-likeness (QED) is 0.393. The molecule has 1 aliphatic rings. The predicted molar refractivity (Wildman–Crippen MR) is 137 cm³/mol. The van der Waals surface area contributed by atoms with E-state index in [4.69, 9.17) is 5.73 Å².